The van der Waals surface area contributed by atoms with Crippen molar-refractivity contribution < 1.29 is 13.5 Å². The van der Waals surface area contributed by atoms with Gasteiger partial charge in [0.25, 0.3) is 0 Å². The van der Waals surface area contributed by atoms with E-state index in [2.05, 4.69) is 5.32 Å². The summed E-state index contributed by atoms with van der Waals surface area (Å²) < 4.78 is 32.4. The van der Waals surface area contributed by atoms with Crippen LogP contribution in [0.2, 0.25) is 0 Å². The fourth-order valence-electron chi connectivity index (χ4n) is 1.77. The van der Waals surface area contributed by atoms with Crippen LogP contribution in [-0.4, -0.2) is 19.7 Å². The molecule has 1 aliphatic rings. The molecule has 1 fully saturated rings. The molecule has 2 nitrogen and oxygen atoms in total. The molecule has 1 saturated heterocycles. The molecule has 1 N–H and O–H groups in total. The highest BCUT2D eigenvalue weighted by Gasteiger charge is 2.23. The van der Waals surface area contributed by atoms with Crippen LogP contribution in [0.5, 0.6) is 0 Å². The maximum absolute atomic E-state index is 13.5. The third-order valence-corrected chi connectivity index (χ3v) is 2.47. The average molecular weight is 213 g/mol. The van der Waals surface area contributed by atoms with Gasteiger partial charge in [-0.15, -0.1) is 0 Å². The van der Waals surface area contributed by atoms with Gasteiger partial charge in [-0.25, -0.2) is 8.78 Å². The number of rotatable bonds is 1. The Labute approximate surface area is 87.2 Å². The van der Waals surface area contributed by atoms with Gasteiger partial charge in [0.2, 0.25) is 0 Å². The van der Waals surface area contributed by atoms with Crippen molar-refractivity contribution in [3.05, 3.63) is 34.9 Å². The summed E-state index contributed by atoms with van der Waals surface area (Å²) >= 11 is 0. The fraction of sp³-hybridized carbons (Fsp3) is 0.455. The minimum Gasteiger partial charge on any atom is -0.371 e. The lowest BCUT2D eigenvalue weighted by Crippen LogP contribution is -2.34. The average Bonchev–Trinajstić information content (AvgIpc) is 2.17. The lowest BCUT2D eigenvalue weighted by atomic mass is 10.0. The van der Waals surface area contributed by atoms with Crippen LogP contribution in [0.3, 0.4) is 0 Å². The number of nitrogens with one attached hydrogen (secondary N) is 1. The third-order valence-electron chi connectivity index (χ3n) is 2.47. The van der Waals surface area contributed by atoms with Crippen LogP contribution >= 0.6 is 0 Å². The number of halogens is 2. The lowest BCUT2D eigenvalue weighted by Gasteiger charge is -2.24. The highest BCUT2D eigenvalue weighted by atomic mass is 19.1. The normalized spacial score (nSPS) is 21.7. The molecule has 0 aromatic heterocycles. The molecular weight excluding hydrogens is 200 g/mol. The van der Waals surface area contributed by atoms with Crippen molar-refractivity contribution in [2.45, 2.75) is 13.0 Å². The van der Waals surface area contributed by atoms with Crippen molar-refractivity contribution in [1.82, 2.24) is 5.32 Å². The van der Waals surface area contributed by atoms with E-state index in [4.69, 9.17) is 4.74 Å². The van der Waals surface area contributed by atoms with E-state index in [1.165, 1.54) is 12.1 Å². The van der Waals surface area contributed by atoms with Crippen molar-refractivity contribution in [1.29, 1.82) is 0 Å². The van der Waals surface area contributed by atoms with Crippen molar-refractivity contribution in [2.24, 2.45) is 0 Å². The molecule has 1 aromatic carbocycles. The smallest absolute Gasteiger partial charge is 0.132 e. The van der Waals surface area contributed by atoms with E-state index in [-0.39, 0.29) is 5.56 Å². The van der Waals surface area contributed by atoms with E-state index in [1.54, 1.807) is 6.92 Å². The fourth-order valence-corrected chi connectivity index (χ4v) is 1.77. The predicted octanol–water partition coefficient (Wildman–Crippen LogP) is 1.93. The molecule has 1 heterocycles. The first-order chi connectivity index (χ1) is 7.18. The van der Waals surface area contributed by atoms with Crippen LogP contribution in [0, 0.1) is 18.6 Å². The van der Waals surface area contributed by atoms with Gasteiger partial charge in [0.15, 0.2) is 0 Å². The van der Waals surface area contributed by atoms with Gasteiger partial charge in [-0.3, -0.25) is 0 Å². The maximum Gasteiger partial charge on any atom is 0.132 e. The van der Waals surface area contributed by atoms with E-state index in [1.807, 2.05) is 0 Å². The molecule has 0 saturated carbocycles. The highest BCUT2D eigenvalue weighted by Crippen LogP contribution is 2.25. The predicted molar refractivity (Wildman–Crippen MR) is 52.7 cm³/mol. The molecule has 0 spiro atoms. The molecular formula is C11H13F2NO. The summed E-state index contributed by atoms with van der Waals surface area (Å²) in [7, 11) is 0. The Kier molecular flexibility index (Phi) is 2.98. The van der Waals surface area contributed by atoms with E-state index in [9.17, 15) is 8.78 Å². The van der Waals surface area contributed by atoms with Gasteiger partial charge >= 0.3 is 0 Å². The van der Waals surface area contributed by atoms with Crippen LogP contribution in [0.1, 0.15) is 17.2 Å². The Hall–Kier alpha value is -1.00. The standard InChI is InChI=1S/C11H13F2NO/c1-7-4-8(12)11(9(13)5-7)10-6-14-2-3-15-10/h4-5,10,14H,2-3,6H2,1H3. The second-order valence-electron chi connectivity index (χ2n) is 3.71. The molecule has 15 heavy (non-hydrogen) atoms. The maximum atomic E-state index is 13.5. The zero-order valence-electron chi connectivity index (χ0n) is 8.52. The van der Waals surface area contributed by atoms with Gasteiger partial charge in [-0.05, 0) is 24.6 Å². The number of hydrogen-bond acceptors (Lipinski definition) is 2. The van der Waals surface area contributed by atoms with Crippen LogP contribution in [0.15, 0.2) is 12.1 Å². The van der Waals surface area contributed by atoms with E-state index >= 15 is 0 Å². The van der Waals surface area contributed by atoms with Crippen molar-refractivity contribution in [3.63, 3.8) is 0 Å². The number of aryl methyl sites for hydroxylation is 1. The molecule has 0 amide bonds. The first-order valence-corrected chi connectivity index (χ1v) is 4.96. The van der Waals surface area contributed by atoms with Crippen molar-refractivity contribution in [2.75, 3.05) is 19.7 Å². The molecule has 1 atom stereocenters. The monoisotopic (exact) mass is 213 g/mol. The van der Waals surface area contributed by atoms with Crippen LogP contribution in [-0.2, 0) is 4.74 Å². The largest absolute Gasteiger partial charge is 0.371 e. The summed E-state index contributed by atoms with van der Waals surface area (Å²) in [5, 5.41) is 3.04. The Morgan fingerprint density at radius 3 is 2.53 bits per heavy atom. The Bertz CT molecular complexity index is 339. The van der Waals surface area contributed by atoms with Gasteiger partial charge in [-0.1, -0.05) is 0 Å². The zero-order chi connectivity index (χ0) is 10.8. The minimum absolute atomic E-state index is 0.0350. The molecule has 0 aliphatic carbocycles. The van der Waals surface area contributed by atoms with Gasteiger partial charge in [0, 0.05) is 13.1 Å². The number of benzene rings is 1. The van der Waals surface area contributed by atoms with Crippen molar-refractivity contribution in [3.8, 4) is 0 Å². The minimum atomic E-state index is -0.527. The first-order valence-electron chi connectivity index (χ1n) is 4.96. The zero-order valence-corrected chi connectivity index (χ0v) is 8.52. The van der Waals surface area contributed by atoms with Crippen LogP contribution in [0.4, 0.5) is 8.78 Å². The summed E-state index contributed by atoms with van der Waals surface area (Å²) in [4.78, 5) is 0. The lowest BCUT2D eigenvalue weighted by molar-refractivity contribution is 0.0232. The summed E-state index contributed by atoms with van der Waals surface area (Å²) in [6, 6.07) is 2.66. The SMILES string of the molecule is Cc1cc(F)c(C2CNCCO2)c(F)c1. The molecule has 82 valence electrons. The Morgan fingerprint density at radius 2 is 2.00 bits per heavy atom. The summed E-state index contributed by atoms with van der Waals surface area (Å²) in [5.74, 6) is -1.05. The summed E-state index contributed by atoms with van der Waals surface area (Å²) in [6.07, 6.45) is -0.514. The van der Waals surface area contributed by atoms with Crippen molar-refractivity contribution >= 4 is 0 Å². The van der Waals surface area contributed by atoms with Gasteiger partial charge in [-0.2, -0.15) is 0 Å². The molecule has 2 rings (SSSR count). The van der Waals surface area contributed by atoms with E-state index < -0.39 is 17.7 Å². The molecule has 0 radical (unpaired) electrons. The highest BCUT2D eigenvalue weighted by molar-refractivity contribution is 5.27. The van der Waals surface area contributed by atoms with E-state index in [0.29, 0.717) is 18.7 Å². The molecule has 4 heteroatoms. The second-order valence-corrected chi connectivity index (χ2v) is 3.71. The van der Waals surface area contributed by atoms with Crippen LogP contribution in [0.25, 0.3) is 0 Å². The molecule has 0 bridgehead atoms. The summed E-state index contributed by atoms with van der Waals surface area (Å²) in [6.45, 7) is 3.33. The Balaban J connectivity index is 2.33. The van der Waals surface area contributed by atoms with Gasteiger partial charge in [0.05, 0.1) is 12.2 Å². The molecule has 1 aliphatic heterocycles. The number of ether oxygens (including phenoxy) is 1. The number of morpholine rings is 1. The molecule has 1 unspecified atom stereocenters. The molecule has 1 aromatic rings. The quantitative estimate of drug-likeness (QED) is 0.769. The van der Waals surface area contributed by atoms with Gasteiger partial charge in [0.1, 0.15) is 17.7 Å². The second kappa shape index (κ2) is 4.24. The summed E-state index contributed by atoms with van der Waals surface area (Å²) in [5.41, 5.74) is 0.616. The first kappa shape index (κ1) is 10.5. The van der Waals surface area contributed by atoms with E-state index in [0.717, 1.165) is 6.54 Å². The third kappa shape index (κ3) is 2.16. The topological polar surface area (TPSA) is 21.3 Å². The Morgan fingerprint density at radius 1 is 1.33 bits per heavy atom. The van der Waals surface area contributed by atoms with Gasteiger partial charge < -0.3 is 10.1 Å². The van der Waals surface area contributed by atoms with Crippen LogP contribution < -0.4 is 5.32 Å². The number of hydrogen-bond donors (Lipinski definition) is 1.